The lowest BCUT2D eigenvalue weighted by Crippen LogP contribution is -2.05. The van der Waals surface area contributed by atoms with Crippen molar-refractivity contribution in [2.45, 2.75) is 13.0 Å². The summed E-state index contributed by atoms with van der Waals surface area (Å²) in [5, 5.41) is 19.1. The second-order valence-electron chi connectivity index (χ2n) is 4.88. The van der Waals surface area contributed by atoms with Crippen LogP contribution in [0.5, 0.6) is 0 Å². The van der Waals surface area contributed by atoms with Gasteiger partial charge in [0.1, 0.15) is 11.2 Å². The van der Waals surface area contributed by atoms with Crippen molar-refractivity contribution >= 4 is 27.9 Å². The van der Waals surface area contributed by atoms with Gasteiger partial charge in [0.05, 0.1) is 22.4 Å². The number of fused-ring (bicyclic) bond motifs is 2. The van der Waals surface area contributed by atoms with Gasteiger partial charge in [-0.25, -0.2) is 4.79 Å². The molecule has 0 spiro atoms. The average Bonchev–Trinajstić information content (AvgIpc) is 2.46. The van der Waals surface area contributed by atoms with Crippen molar-refractivity contribution < 1.29 is 19.4 Å². The fourth-order valence-corrected chi connectivity index (χ4v) is 2.27. The van der Waals surface area contributed by atoms with Crippen LogP contribution in [0.15, 0.2) is 45.6 Å². The lowest BCUT2D eigenvalue weighted by atomic mass is 10.0. The van der Waals surface area contributed by atoms with E-state index in [2.05, 4.69) is 0 Å². The summed E-state index contributed by atoms with van der Waals surface area (Å²) in [6.45, 7) is 1.60. The second kappa shape index (κ2) is 4.71. The number of carboxylic acids is 1. The molecule has 3 aromatic rings. The summed E-state index contributed by atoms with van der Waals surface area (Å²) in [6, 6.07) is 9.05. The van der Waals surface area contributed by atoms with Gasteiger partial charge in [-0.1, -0.05) is 6.07 Å². The number of hydrogen-bond donors (Lipinski definition) is 2. The lowest BCUT2D eigenvalue weighted by Gasteiger charge is -2.07. The van der Waals surface area contributed by atoms with E-state index in [9.17, 15) is 14.7 Å². The Hall–Kier alpha value is -2.66. The van der Waals surface area contributed by atoms with Crippen molar-refractivity contribution in [3.05, 3.63) is 57.7 Å². The Morgan fingerprint density at radius 2 is 1.71 bits per heavy atom. The van der Waals surface area contributed by atoms with E-state index in [4.69, 9.17) is 9.52 Å². The molecule has 0 aliphatic rings. The molecule has 3 rings (SSSR count). The minimum atomic E-state index is -1.10. The first-order valence-corrected chi connectivity index (χ1v) is 6.39. The molecule has 0 aliphatic carbocycles. The van der Waals surface area contributed by atoms with Crippen LogP contribution in [-0.2, 0) is 0 Å². The molecule has 1 heterocycles. The van der Waals surface area contributed by atoms with E-state index in [1.54, 1.807) is 25.1 Å². The van der Waals surface area contributed by atoms with Gasteiger partial charge >= 0.3 is 5.97 Å². The summed E-state index contributed by atoms with van der Waals surface area (Å²) in [5.74, 6) is -1.10. The average molecular weight is 284 g/mol. The molecule has 1 unspecified atom stereocenters. The van der Waals surface area contributed by atoms with Gasteiger partial charge in [-0.15, -0.1) is 0 Å². The van der Waals surface area contributed by atoms with Gasteiger partial charge in [0, 0.05) is 0 Å². The maximum Gasteiger partial charge on any atom is 0.335 e. The van der Waals surface area contributed by atoms with E-state index >= 15 is 0 Å². The zero-order valence-corrected chi connectivity index (χ0v) is 11.2. The number of hydrogen-bond acceptors (Lipinski definition) is 4. The number of benzene rings is 2. The number of carbonyl (C=O) groups is 1. The third kappa shape index (κ3) is 2.17. The van der Waals surface area contributed by atoms with Crippen LogP contribution in [0.1, 0.15) is 28.9 Å². The maximum atomic E-state index is 12.5. The summed E-state index contributed by atoms with van der Waals surface area (Å²) < 4.78 is 5.62. The van der Waals surface area contributed by atoms with E-state index in [0.717, 1.165) is 0 Å². The fraction of sp³-hybridized carbons (Fsp3) is 0.125. The Bertz CT molecular complexity index is 921. The zero-order valence-electron chi connectivity index (χ0n) is 11.2. The lowest BCUT2D eigenvalue weighted by molar-refractivity contribution is 0.0697. The summed E-state index contributed by atoms with van der Waals surface area (Å²) in [5.41, 5.74) is 1.06. The topological polar surface area (TPSA) is 87.7 Å². The normalized spacial score (nSPS) is 12.7. The van der Waals surface area contributed by atoms with Crippen molar-refractivity contribution in [3.8, 4) is 0 Å². The van der Waals surface area contributed by atoms with Crippen LogP contribution in [0.2, 0.25) is 0 Å². The zero-order chi connectivity index (χ0) is 15.1. The smallest absolute Gasteiger partial charge is 0.335 e. The number of aliphatic hydroxyl groups excluding tert-OH is 1. The molecular formula is C16H12O5. The Morgan fingerprint density at radius 1 is 1.10 bits per heavy atom. The molecule has 21 heavy (non-hydrogen) atoms. The van der Waals surface area contributed by atoms with Crippen LogP contribution in [0.4, 0.5) is 0 Å². The quantitative estimate of drug-likeness (QED) is 0.706. The van der Waals surface area contributed by atoms with Crippen molar-refractivity contribution in [2.24, 2.45) is 0 Å². The predicted molar refractivity (Wildman–Crippen MR) is 77.6 cm³/mol. The van der Waals surface area contributed by atoms with Crippen molar-refractivity contribution in [2.75, 3.05) is 0 Å². The molecule has 0 aliphatic heterocycles. The van der Waals surface area contributed by atoms with E-state index in [-0.39, 0.29) is 16.4 Å². The van der Waals surface area contributed by atoms with Gasteiger partial charge in [0.2, 0.25) is 5.43 Å². The van der Waals surface area contributed by atoms with Crippen LogP contribution in [0, 0.1) is 0 Å². The van der Waals surface area contributed by atoms with E-state index in [1.807, 2.05) is 0 Å². The molecule has 0 fully saturated rings. The molecule has 0 saturated carbocycles. The number of aromatic carboxylic acids is 1. The predicted octanol–water partition coefficient (Wildman–Crippen LogP) is 2.70. The summed E-state index contributed by atoms with van der Waals surface area (Å²) >= 11 is 0. The molecule has 2 N–H and O–H groups in total. The minimum Gasteiger partial charge on any atom is -0.478 e. The largest absolute Gasteiger partial charge is 0.478 e. The molecule has 106 valence electrons. The fourth-order valence-electron chi connectivity index (χ4n) is 2.27. The third-order valence-electron chi connectivity index (χ3n) is 3.42. The summed E-state index contributed by atoms with van der Waals surface area (Å²) in [7, 11) is 0. The van der Waals surface area contributed by atoms with Gasteiger partial charge in [-0.2, -0.15) is 0 Å². The highest BCUT2D eigenvalue weighted by molar-refractivity contribution is 5.96. The maximum absolute atomic E-state index is 12.5. The van der Waals surface area contributed by atoms with Gasteiger partial charge < -0.3 is 14.6 Å². The van der Waals surface area contributed by atoms with Crippen molar-refractivity contribution in [3.63, 3.8) is 0 Å². The molecule has 1 aromatic heterocycles. The van der Waals surface area contributed by atoms with Crippen molar-refractivity contribution in [1.82, 2.24) is 0 Å². The van der Waals surface area contributed by atoms with Crippen LogP contribution >= 0.6 is 0 Å². The Morgan fingerprint density at radius 3 is 2.33 bits per heavy atom. The van der Waals surface area contributed by atoms with E-state index in [1.165, 1.54) is 18.2 Å². The first-order valence-electron chi connectivity index (χ1n) is 6.39. The number of carboxylic acid groups (broad SMARTS) is 1. The molecule has 0 amide bonds. The highest BCUT2D eigenvalue weighted by Crippen LogP contribution is 2.22. The molecule has 0 radical (unpaired) electrons. The molecule has 1 atom stereocenters. The van der Waals surface area contributed by atoms with Crippen molar-refractivity contribution in [1.29, 1.82) is 0 Å². The standard InChI is InChI=1S/C16H12O5/c1-8(17)9-2-4-13-11(6-9)15(18)12-7-10(16(19)20)3-5-14(12)21-13/h2-8,17H,1H3,(H,19,20). The molecule has 5 heteroatoms. The highest BCUT2D eigenvalue weighted by Gasteiger charge is 2.12. The Kier molecular flexibility index (Phi) is 2.99. The van der Waals surface area contributed by atoms with Crippen LogP contribution < -0.4 is 5.43 Å². The Labute approximate surface area is 119 Å². The molecule has 2 aromatic carbocycles. The highest BCUT2D eigenvalue weighted by atomic mass is 16.4. The number of aliphatic hydroxyl groups is 1. The first kappa shape index (κ1) is 13.3. The minimum absolute atomic E-state index is 0.0285. The van der Waals surface area contributed by atoms with E-state index < -0.39 is 12.1 Å². The second-order valence-corrected chi connectivity index (χ2v) is 4.88. The summed E-state index contributed by atoms with van der Waals surface area (Å²) in [4.78, 5) is 23.5. The van der Waals surface area contributed by atoms with Crippen LogP contribution in [-0.4, -0.2) is 16.2 Å². The molecule has 0 bridgehead atoms. The van der Waals surface area contributed by atoms with E-state index in [0.29, 0.717) is 22.1 Å². The molecule has 5 nitrogen and oxygen atoms in total. The first-order chi connectivity index (χ1) is 9.97. The Balaban J connectivity index is 2.39. The summed E-state index contributed by atoms with van der Waals surface area (Å²) in [6.07, 6.45) is -0.699. The van der Waals surface area contributed by atoms with Gasteiger partial charge in [-0.3, -0.25) is 4.79 Å². The van der Waals surface area contributed by atoms with Gasteiger partial charge in [-0.05, 0) is 42.8 Å². The number of rotatable bonds is 2. The van der Waals surface area contributed by atoms with Crippen LogP contribution in [0.25, 0.3) is 21.9 Å². The monoisotopic (exact) mass is 284 g/mol. The van der Waals surface area contributed by atoms with Gasteiger partial charge in [0.25, 0.3) is 0 Å². The third-order valence-corrected chi connectivity index (χ3v) is 3.42. The molecule has 0 saturated heterocycles. The SMILES string of the molecule is CC(O)c1ccc2oc3ccc(C(=O)O)cc3c(=O)c2c1. The molecular weight excluding hydrogens is 272 g/mol. The van der Waals surface area contributed by atoms with Crippen LogP contribution in [0.3, 0.4) is 0 Å². The van der Waals surface area contributed by atoms with Gasteiger partial charge in [0.15, 0.2) is 0 Å².